The molecule has 4 nitrogen and oxygen atoms in total. The van der Waals surface area contributed by atoms with E-state index in [2.05, 4.69) is 5.32 Å². The summed E-state index contributed by atoms with van der Waals surface area (Å²) in [7, 11) is 3.45. The molecule has 1 atom stereocenters. The Morgan fingerprint density at radius 1 is 1.17 bits per heavy atom. The van der Waals surface area contributed by atoms with Crippen molar-refractivity contribution in [2.24, 2.45) is 0 Å². The van der Waals surface area contributed by atoms with Gasteiger partial charge in [-0.25, -0.2) is 0 Å². The predicted octanol–water partition coefficient (Wildman–Crippen LogP) is 4.63. The van der Waals surface area contributed by atoms with E-state index in [4.69, 9.17) is 27.9 Å². The number of carbonyl (C=O) groups excluding carboxylic acids is 1. The van der Waals surface area contributed by atoms with E-state index in [-0.39, 0.29) is 18.5 Å². The van der Waals surface area contributed by atoms with Gasteiger partial charge in [-0.05, 0) is 49.9 Å². The van der Waals surface area contributed by atoms with Crippen molar-refractivity contribution in [3.05, 3.63) is 58.1 Å². The first-order chi connectivity index (χ1) is 11.4. The minimum Gasteiger partial charge on any atom is -0.495 e. The molecule has 1 amide bonds. The fourth-order valence-corrected chi connectivity index (χ4v) is 2.62. The van der Waals surface area contributed by atoms with Crippen LogP contribution in [0.5, 0.6) is 5.75 Å². The molecule has 0 radical (unpaired) electrons. The van der Waals surface area contributed by atoms with Gasteiger partial charge >= 0.3 is 0 Å². The van der Waals surface area contributed by atoms with E-state index in [1.165, 1.54) is 0 Å². The van der Waals surface area contributed by atoms with Gasteiger partial charge in [-0.15, -0.1) is 0 Å². The van der Waals surface area contributed by atoms with Crippen LogP contribution in [-0.4, -0.2) is 31.5 Å². The maximum absolute atomic E-state index is 12.3. The summed E-state index contributed by atoms with van der Waals surface area (Å²) in [5.74, 6) is 0.431. The molecule has 0 aliphatic rings. The predicted molar refractivity (Wildman–Crippen MR) is 99.1 cm³/mol. The van der Waals surface area contributed by atoms with Crippen molar-refractivity contribution in [3.8, 4) is 5.75 Å². The quantitative estimate of drug-likeness (QED) is 0.809. The van der Waals surface area contributed by atoms with Gasteiger partial charge in [0.25, 0.3) is 0 Å². The number of anilines is 1. The second-order valence-corrected chi connectivity index (χ2v) is 6.41. The number of carbonyl (C=O) groups is 1. The van der Waals surface area contributed by atoms with Crippen LogP contribution in [0.1, 0.15) is 18.5 Å². The van der Waals surface area contributed by atoms with Crippen molar-refractivity contribution in [1.29, 1.82) is 0 Å². The summed E-state index contributed by atoms with van der Waals surface area (Å²) in [6, 6.07) is 12.8. The van der Waals surface area contributed by atoms with Gasteiger partial charge in [-0.3, -0.25) is 9.69 Å². The Hall–Kier alpha value is -1.75. The van der Waals surface area contributed by atoms with E-state index in [9.17, 15) is 4.79 Å². The lowest BCUT2D eigenvalue weighted by atomic mass is 10.1. The van der Waals surface area contributed by atoms with Crippen LogP contribution in [0.4, 0.5) is 5.69 Å². The van der Waals surface area contributed by atoms with Gasteiger partial charge in [-0.1, -0.05) is 35.3 Å². The highest BCUT2D eigenvalue weighted by Crippen LogP contribution is 2.28. The van der Waals surface area contributed by atoms with Crippen LogP contribution in [-0.2, 0) is 4.79 Å². The fourth-order valence-electron chi connectivity index (χ4n) is 2.33. The third-order valence-corrected chi connectivity index (χ3v) is 4.33. The van der Waals surface area contributed by atoms with Gasteiger partial charge in [-0.2, -0.15) is 0 Å². The van der Waals surface area contributed by atoms with Gasteiger partial charge in [0.1, 0.15) is 5.75 Å². The lowest BCUT2D eigenvalue weighted by molar-refractivity contribution is -0.117. The Labute approximate surface area is 152 Å². The summed E-state index contributed by atoms with van der Waals surface area (Å²) in [5, 5.41) is 4.07. The molecule has 2 aromatic carbocycles. The van der Waals surface area contributed by atoms with Gasteiger partial charge in [0.2, 0.25) is 5.91 Å². The number of likely N-dealkylation sites (N-methyl/N-ethyl adjacent to an activating group) is 1. The van der Waals surface area contributed by atoms with Crippen molar-refractivity contribution in [1.82, 2.24) is 4.90 Å². The topological polar surface area (TPSA) is 41.6 Å². The second-order valence-electron chi connectivity index (χ2n) is 5.54. The number of benzene rings is 2. The maximum Gasteiger partial charge on any atom is 0.238 e. The average Bonchev–Trinajstić information content (AvgIpc) is 2.55. The van der Waals surface area contributed by atoms with Gasteiger partial charge < -0.3 is 10.1 Å². The molecule has 0 bridgehead atoms. The zero-order valence-corrected chi connectivity index (χ0v) is 15.4. The molecule has 0 fully saturated rings. The molecule has 24 heavy (non-hydrogen) atoms. The van der Waals surface area contributed by atoms with Crippen molar-refractivity contribution >= 4 is 34.8 Å². The monoisotopic (exact) mass is 366 g/mol. The van der Waals surface area contributed by atoms with E-state index in [0.717, 1.165) is 5.56 Å². The van der Waals surface area contributed by atoms with E-state index in [1.54, 1.807) is 25.3 Å². The molecular weight excluding hydrogens is 347 g/mol. The van der Waals surface area contributed by atoms with E-state index < -0.39 is 0 Å². The molecule has 0 spiro atoms. The average molecular weight is 367 g/mol. The summed E-state index contributed by atoms with van der Waals surface area (Å²) >= 11 is 11.9. The first-order valence-corrected chi connectivity index (χ1v) is 8.25. The highest BCUT2D eigenvalue weighted by Gasteiger charge is 2.16. The van der Waals surface area contributed by atoms with Crippen molar-refractivity contribution in [2.75, 3.05) is 26.0 Å². The summed E-state index contributed by atoms with van der Waals surface area (Å²) in [5.41, 5.74) is 1.65. The van der Waals surface area contributed by atoms with E-state index in [1.807, 2.05) is 43.1 Å². The Balaban J connectivity index is 2.01. The number of rotatable bonds is 6. The number of hydrogen-bond donors (Lipinski definition) is 1. The van der Waals surface area contributed by atoms with Crippen LogP contribution >= 0.6 is 23.2 Å². The molecule has 0 aliphatic carbocycles. The Morgan fingerprint density at radius 2 is 1.79 bits per heavy atom. The van der Waals surface area contributed by atoms with Crippen LogP contribution < -0.4 is 10.1 Å². The molecule has 2 rings (SSSR count). The molecule has 0 aliphatic heterocycles. The number of hydrogen-bond acceptors (Lipinski definition) is 3. The zero-order chi connectivity index (χ0) is 17.7. The van der Waals surface area contributed by atoms with Crippen LogP contribution in [0, 0.1) is 0 Å². The molecule has 0 heterocycles. The lowest BCUT2D eigenvalue weighted by Gasteiger charge is -2.24. The minimum atomic E-state index is -0.140. The zero-order valence-electron chi connectivity index (χ0n) is 13.8. The largest absolute Gasteiger partial charge is 0.495 e. The first-order valence-electron chi connectivity index (χ1n) is 7.50. The lowest BCUT2D eigenvalue weighted by Crippen LogP contribution is -2.32. The highest BCUT2D eigenvalue weighted by molar-refractivity contribution is 6.31. The first kappa shape index (κ1) is 18.6. The SMILES string of the molecule is COc1ccc(Cl)cc1NC(=O)CN(C)C(C)c1ccc(Cl)cc1. The molecule has 2 aromatic rings. The molecule has 0 saturated heterocycles. The van der Waals surface area contributed by atoms with Crippen LogP contribution in [0.3, 0.4) is 0 Å². The Bertz CT molecular complexity index is 705. The Morgan fingerprint density at radius 3 is 2.42 bits per heavy atom. The van der Waals surface area contributed by atoms with Gasteiger partial charge in [0.05, 0.1) is 19.3 Å². The number of ether oxygens (including phenoxy) is 1. The number of amides is 1. The number of nitrogens with one attached hydrogen (secondary N) is 1. The summed E-state index contributed by atoms with van der Waals surface area (Å²) in [6.07, 6.45) is 0. The molecule has 128 valence electrons. The molecule has 0 saturated carbocycles. The highest BCUT2D eigenvalue weighted by atomic mass is 35.5. The Kier molecular flexibility index (Phi) is 6.49. The van der Waals surface area contributed by atoms with Crippen molar-refractivity contribution in [2.45, 2.75) is 13.0 Å². The third kappa shape index (κ3) is 4.87. The molecule has 1 N–H and O–H groups in total. The minimum absolute atomic E-state index is 0.0780. The van der Waals surface area contributed by atoms with Crippen LogP contribution in [0.2, 0.25) is 10.0 Å². The number of halogens is 2. The third-order valence-electron chi connectivity index (χ3n) is 3.84. The molecule has 0 aromatic heterocycles. The van der Waals surface area contributed by atoms with E-state index >= 15 is 0 Å². The summed E-state index contributed by atoms with van der Waals surface area (Å²) in [6.45, 7) is 2.27. The van der Waals surface area contributed by atoms with Gasteiger partial charge in [0, 0.05) is 16.1 Å². The molecule has 6 heteroatoms. The number of methoxy groups -OCH3 is 1. The number of nitrogens with zero attached hydrogens (tertiary/aromatic N) is 1. The molecular formula is C18H20Cl2N2O2. The standard InChI is InChI=1S/C18H20Cl2N2O2/c1-12(13-4-6-14(19)7-5-13)22(2)11-18(23)21-16-10-15(20)8-9-17(16)24-3/h4-10,12H,11H2,1-3H3,(H,21,23). The fraction of sp³-hybridized carbons (Fsp3) is 0.278. The van der Waals surface area contributed by atoms with E-state index in [0.29, 0.717) is 21.5 Å². The second kappa shape index (κ2) is 8.38. The summed E-state index contributed by atoms with van der Waals surface area (Å²) in [4.78, 5) is 14.3. The van der Waals surface area contributed by atoms with Crippen molar-refractivity contribution in [3.63, 3.8) is 0 Å². The smallest absolute Gasteiger partial charge is 0.238 e. The normalized spacial score (nSPS) is 12.1. The van der Waals surface area contributed by atoms with Crippen LogP contribution in [0.15, 0.2) is 42.5 Å². The summed E-state index contributed by atoms with van der Waals surface area (Å²) < 4.78 is 5.23. The van der Waals surface area contributed by atoms with Gasteiger partial charge in [0.15, 0.2) is 0 Å². The van der Waals surface area contributed by atoms with Crippen molar-refractivity contribution < 1.29 is 9.53 Å². The molecule has 1 unspecified atom stereocenters. The maximum atomic E-state index is 12.3. The van der Waals surface area contributed by atoms with Crippen LogP contribution in [0.25, 0.3) is 0 Å².